The first-order valence-corrected chi connectivity index (χ1v) is 8.37. The number of aromatic hydroxyl groups is 1. The molecule has 5 heteroatoms. The maximum Gasteiger partial charge on any atom is 0.187 e. The van der Waals surface area contributed by atoms with Gasteiger partial charge in [-0.15, -0.1) is 10.2 Å². The summed E-state index contributed by atoms with van der Waals surface area (Å²) >= 11 is 0. The first-order valence-electron chi connectivity index (χ1n) is 8.37. The number of aryl methyl sites for hydroxylation is 2. The van der Waals surface area contributed by atoms with E-state index in [0.29, 0.717) is 11.5 Å². The van der Waals surface area contributed by atoms with Gasteiger partial charge in [-0.3, -0.25) is 4.40 Å². The summed E-state index contributed by atoms with van der Waals surface area (Å²) in [5.41, 5.74) is 5.53. The van der Waals surface area contributed by atoms with Crippen LogP contribution >= 0.6 is 0 Å². The number of phenolic OH excluding ortho intramolecular Hbond substituents is 1. The van der Waals surface area contributed by atoms with Gasteiger partial charge in [0.25, 0.3) is 0 Å². The summed E-state index contributed by atoms with van der Waals surface area (Å²) in [5, 5.41) is 18.4. The molecule has 2 aromatic heterocycles. The first-order chi connectivity index (χ1) is 12.6. The maximum absolute atomic E-state index is 9.62. The lowest BCUT2D eigenvalue weighted by Crippen LogP contribution is -1.86. The summed E-state index contributed by atoms with van der Waals surface area (Å²) < 4.78 is 1.92. The Morgan fingerprint density at radius 3 is 2.65 bits per heavy atom. The van der Waals surface area contributed by atoms with E-state index in [9.17, 15) is 5.11 Å². The molecule has 0 amide bonds. The van der Waals surface area contributed by atoms with Crippen LogP contribution in [0.5, 0.6) is 5.75 Å². The Balaban J connectivity index is 1.91. The molecule has 4 aromatic rings. The van der Waals surface area contributed by atoms with Crippen LogP contribution in [0.4, 0.5) is 11.5 Å². The van der Waals surface area contributed by atoms with Crippen LogP contribution in [0.2, 0.25) is 0 Å². The Bertz CT molecular complexity index is 1130. The van der Waals surface area contributed by atoms with Crippen molar-refractivity contribution in [2.75, 3.05) is 0 Å². The van der Waals surface area contributed by atoms with E-state index in [1.807, 2.05) is 28.8 Å². The van der Waals surface area contributed by atoms with Crippen LogP contribution < -0.4 is 0 Å². The van der Waals surface area contributed by atoms with Crippen LogP contribution in [0, 0.1) is 13.8 Å². The monoisotopic (exact) mass is 342 g/mol. The molecule has 0 aliphatic heterocycles. The standard InChI is InChI=1S/C21H18N4O/c1-14-9-10-15(2)18(12-14)20-21(25-11-4-3-8-19(25)22-20)24-23-16-6-5-7-17(26)13-16/h3-13,26H,1-2H3. The third kappa shape index (κ3) is 2.95. The topological polar surface area (TPSA) is 62.2 Å². The van der Waals surface area contributed by atoms with Gasteiger partial charge >= 0.3 is 0 Å². The Kier molecular flexibility index (Phi) is 3.97. The predicted molar refractivity (Wildman–Crippen MR) is 102 cm³/mol. The zero-order valence-electron chi connectivity index (χ0n) is 14.6. The molecule has 0 saturated carbocycles. The van der Waals surface area contributed by atoms with E-state index < -0.39 is 0 Å². The Hall–Kier alpha value is -3.47. The van der Waals surface area contributed by atoms with Gasteiger partial charge in [0.2, 0.25) is 0 Å². The second kappa shape index (κ2) is 6.44. The number of hydrogen-bond donors (Lipinski definition) is 1. The summed E-state index contributed by atoms with van der Waals surface area (Å²) in [6, 6.07) is 18.8. The average molecular weight is 342 g/mol. The second-order valence-corrected chi connectivity index (χ2v) is 6.25. The highest BCUT2D eigenvalue weighted by atomic mass is 16.3. The number of phenols is 1. The fourth-order valence-corrected chi connectivity index (χ4v) is 2.91. The molecule has 0 fully saturated rings. The van der Waals surface area contributed by atoms with Crippen molar-refractivity contribution in [2.24, 2.45) is 10.2 Å². The van der Waals surface area contributed by atoms with Crippen molar-refractivity contribution in [3.05, 3.63) is 78.0 Å². The summed E-state index contributed by atoms with van der Waals surface area (Å²) in [4.78, 5) is 4.77. The van der Waals surface area contributed by atoms with E-state index in [-0.39, 0.29) is 5.75 Å². The molecule has 128 valence electrons. The number of azo groups is 1. The molecule has 1 N–H and O–H groups in total. The van der Waals surface area contributed by atoms with Crippen molar-refractivity contribution >= 4 is 17.2 Å². The first kappa shape index (κ1) is 16.0. The van der Waals surface area contributed by atoms with E-state index in [2.05, 4.69) is 42.3 Å². The number of benzene rings is 2. The SMILES string of the molecule is Cc1ccc(C)c(-c2nc3ccccn3c2N=Nc2cccc(O)c2)c1. The predicted octanol–water partition coefficient (Wildman–Crippen LogP) is 5.74. The Morgan fingerprint density at radius 1 is 0.923 bits per heavy atom. The molecule has 5 nitrogen and oxygen atoms in total. The molecule has 2 heterocycles. The van der Waals surface area contributed by atoms with Gasteiger partial charge in [0.15, 0.2) is 5.82 Å². The van der Waals surface area contributed by atoms with E-state index in [0.717, 1.165) is 22.5 Å². The lowest BCUT2D eigenvalue weighted by Gasteiger charge is -2.05. The number of rotatable bonds is 3. The van der Waals surface area contributed by atoms with Crippen molar-refractivity contribution in [3.63, 3.8) is 0 Å². The van der Waals surface area contributed by atoms with E-state index >= 15 is 0 Å². The fraction of sp³-hybridized carbons (Fsp3) is 0.0952. The lowest BCUT2D eigenvalue weighted by molar-refractivity contribution is 0.475. The number of imidazole rings is 1. The lowest BCUT2D eigenvalue weighted by atomic mass is 10.0. The fourth-order valence-electron chi connectivity index (χ4n) is 2.91. The summed E-state index contributed by atoms with van der Waals surface area (Å²) in [6.45, 7) is 4.13. The molecule has 0 aliphatic rings. The summed E-state index contributed by atoms with van der Waals surface area (Å²) in [5.74, 6) is 0.826. The zero-order chi connectivity index (χ0) is 18.1. The number of fused-ring (bicyclic) bond motifs is 1. The van der Waals surface area contributed by atoms with Crippen LogP contribution in [-0.4, -0.2) is 14.5 Å². The molecule has 0 unspecified atom stereocenters. The summed E-state index contributed by atoms with van der Waals surface area (Å²) in [7, 11) is 0. The van der Waals surface area contributed by atoms with Crippen molar-refractivity contribution in [1.82, 2.24) is 9.38 Å². The van der Waals surface area contributed by atoms with Gasteiger partial charge < -0.3 is 5.11 Å². The van der Waals surface area contributed by atoms with Gasteiger partial charge in [-0.1, -0.05) is 29.8 Å². The van der Waals surface area contributed by atoms with Crippen molar-refractivity contribution in [1.29, 1.82) is 0 Å². The van der Waals surface area contributed by atoms with Gasteiger partial charge in [0, 0.05) is 17.8 Å². The average Bonchev–Trinajstić information content (AvgIpc) is 3.00. The molecule has 4 rings (SSSR count). The van der Waals surface area contributed by atoms with Crippen LogP contribution in [0.1, 0.15) is 11.1 Å². The molecule has 0 spiro atoms. The molecular weight excluding hydrogens is 324 g/mol. The smallest absolute Gasteiger partial charge is 0.187 e. The minimum Gasteiger partial charge on any atom is -0.508 e. The van der Waals surface area contributed by atoms with Crippen molar-refractivity contribution < 1.29 is 5.11 Å². The highest BCUT2D eigenvalue weighted by molar-refractivity contribution is 5.77. The molecule has 0 radical (unpaired) electrons. The molecule has 0 saturated heterocycles. The minimum atomic E-state index is 0.161. The van der Waals surface area contributed by atoms with Crippen LogP contribution in [-0.2, 0) is 0 Å². The highest BCUT2D eigenvalue weighted by Gasteiger charge is 2.15. The van der Waals surface area contributed by atoms with Gasteiger partial charge in [-0.05, 0) is 49.7 Å². The molecular formula is C21H18N4O. The molecule has 26 heavy (non-hydrogen) atoms. The normalized spacial score (nSPS) is 11.5. The largest absolute Gasteiger partial charge is 0.508 e. The maximum atomic E-state index is 9.62. The van der Waals surface area contributed by atoms with Crippen molar-refractivity contribution in [2.45, 2.75) is 13.8 Å². The van der Waals surface area contributed by atoms with E-state index in [1.54, 1.807) is 24.3 Å². The Morgan fingerprint density at radius 2 is 1.81 bits per heavy atom. The van der Waals surface area contributed by atoms with Crippen molar-refractivity contribution in [3.8, 4) is 17.0 Å². The van der Waals surface area contributed by atoms with E-state index in [4.69, 9.17) is 4.98 Å². The van der Waals surface area contributed by atoms with Gasteiger partial charge in [0.1, 0.15) is 17.1 Å². The molecule has 2 aromatic carbocycles. The number of aromatic nitrogens is 2. The highest BCUT2D eigenvalue weighted by Crippen LogP contribution is 2.34. The number of nitrogens with zero attached hydrogens (tertiary/aromatic N) is 4. The quantitative estimate of drug-likeness (QED) is 0.483. The Labute approximate surface area is 151 Å². The zero-order valence-corrected chi connectivity index (χ0v) is 14.6. The van der Waals surface area contributed by atoms with Gasteiger partial charge in [-0.2, -0.15) is 0 Å². The van der Waals surface area contributed by atoms with Gasteiger partial charge in [0.05, 0.1) is 5.69 Å². The van der Waals surface area contributed by atoms with Crippen LogP contribution in [0.25, 0.3) is 16.9 Å². The number of hydrogen-bond acceptors (Lipinski definition) is 4. The van der Waals surface area contributed by atoms with Gasteiger partial charge in [-0.25, -0.2) is 4.98 Å². The van der Waals surface area contributed by atoms with Crippen LogP contribution in [0.15, 0.2) is 77.1 Å². The minimum absolute atomic E-state index is 0.161. The molecule has 0 atom stereocenters. The third-order valence-electron chi connectivity index (χ3n) is 4.24. The molecule has 0 aliphatic carbocycles. The van der Waals surface area contributed by atoms with Crippen LogP contribution in [0.3, 0.4) is 0 Å². The molecule has 0 bridgehead atoms. The number of pyridine rings is 1. The third-order valence-corrected chi connectivity index (χ3v) is 4.24. The second-order valence-electron chi connectivity index (χ2n) is 6.25. The summed E-state index contributed by atoms with van der Waals surface area (Å²) in [6.07, 6.45) is 1.92. The van der Waals surface area contributed by atoms with E-state index in [1.165, 1.54) is 5.56 Å².